The molecule has 1 aromatic carbocycles. The van der Waals surface area contributed by atoms with Gasteiger partial charge in [-0.15, -0.1) is 23.1 Å². The fourth-order valence-corrected chi connectivity index (χ4v) is 4.97. The molecule has 2 amide bonds. The van der Waals surface area contributed by atoms with Gasteiger partial charge in [-0.25, -0.2) is 9.67 Å². The number of nitrogens with zero attached hydrogens (tertiary/aromatic N) is 3. The quantitative estimate of drug-likeness (QED) is 0.299. The lowest BCUT2D eigenvalue weighted by Gasteiger charge is -2.12. The number of benzene rings is 1. The minimum Gasteiger partial charge on any atom is -0.504 e. The molecule has 0 aliphatic carbocycles. The predicted molar refractivity (Wildman–Crippen MR) is 131 cm³/mol. The minimum atomic E-state index is -0.752. The van der Waals surface area contributed by atoms with E-state index in [4.69, 9.17) is 0 Å². The molecule has 1 atom stereocenters. The number of H-pyrrole nitrogens is 1. The number of amides is 2. The topological polar surface area (TPSA) is 142 Å². The van der Waals surface area contributed by atoms with Crippen LogP contribution in [-0.4, -0.2) is 41.9 Å². The summed E-state index contributed by atoms with van der Waals surface area (Å²) in [6.45, 7) is 5.51. The van der Waals surface area contributed by atoms with Gasteiger partial charge in [0.15, 0.2) is 11.4 Å². The van der Waals surface area contributed by atoms with E-state index in [0.29, 0.717) is 27.5 Å². The molecule has 0 saturated carbocycles. The number of rotatable bonds is 6. The van der Waals surface area contributed by atoms with Gasteiger partial charge in [0.2, 0.25) is 0 Å². The maximum Gasteiger partial charge on any atom is 0.294 e. The van der Waals surface area contributed by atoms with Gasteiger partial charge in [-0.2, -0.15) is 5.10 Å². The zero-order valence-electron chi connectivity index (χ0n) is 18.6. The summed E-state index contributed by atoms with van der Waals surface area (Å²) in [5.74, 6) is -0.734. The number of hydrogen-bond donors (Lipinski definition) is 4. The summed E-state index contributed by atoms with van der Waals surface area (Å²) in [6, 6.07) is 8.99. The summed E-state index contributed by atoms with van der Waals surface area (Å²) < 4.78 is 1.37. The number of aromatic amines is 1. The average molecular weight is 499 g/mol. The molecule has 10 nitrogen and oxygen atoms in total. The molecule has 0 fully saturated rings. The number of carbonyl (C=O) groups is 2. The van der Waals surface area contributed by atoms with E-state index in [-0.39, 0.29) is 17.0 Å². The molecule has 176 valence electrons. The third kappa shape index (κ3) is 4.82. The van der Waals surface area contributed by atoms with Crippen LogP contribution in [0.1, 0.15) is 33.7 Å². The molecule has 0 spiro atoms. The summed E-state index contributed by atoms with van der Waals surface area (Å²) in [5.41, 5.74) is 5.78. The number of nitrogens with one attached hydrogen (secondary N) is 3. The van der Waals surface area contributed by atoms with Crippen molar-refractivity contribution < 1.29 is 14.7 Å². The van der Waals surface area contributed by atoms with Crippen molar-refractivity contribution in [1.29, 1.82) is 0 Å². The largest absolute Gasteiger partial charge is 0.504 e. The van der Waals surface area contributed by atoms with Gasteiger partial charge >= 0.3 is 0 Å². The van der Waals surface area contributed by atoms with Gasteiger partial charge in [0.25, 0.3) is 17.4 Å². The van der Waals surface area contributed by atoms with E-state index in [0.717, 1.165) is 10.4 Å². The van der Waals surface area contributed by atoms with Crippen molar-refractivity contribution in [2.24, 2.45) is 0 Å². The maximum absolute atomic E-state index is 12.4. The van der Waals surface area contributed by atoms with Crippen LogP contribution in [0, 0.1) is 13.8 Å². The smallest absolute Gasteiger partial charge is 0.294 e. The van der Waals surface area contributed by atoms with Crippen LogP contribution in [0.4, 0.5) is 0 Å². The fraction of sp³-hybridized carbons (Fsp3) is 0.227. The number of aromatic hydroxyl groups is 1. The Balaban J connectivity index is 1.34. The third-order valence-electron chi connectivity index (χ3n) is 5.16. The van der Waals surface area contributed by atoms with E-state index < -0.39 is 17.1 Å². The number of hydrazine groups is 1. The van der Waals surface area contributed by atoms with E-state index in [2.05, 4.69) is 25.9 Å². The molecule has 0 radical (unpaired) electrons. The first-order valence-corrected chi connectivity index (χ1v) is 12.2. The summed E-state index contributed by atoms with van der Waals surface area (Å²) >= 11 is 2.72. The molecule has 12 heteroatoms. The summed E-state index contributed by atoms with van der Waals surface area (Å²) in [4.78, 5) is 46.2. The highest BCUT2D eigenvalue weighted by Crippen LogP contribution is 2.26. The predicted octanol–water partition coefficient (Wildman–Crippen LogP) is 2.58. The van der Waals surface area contributed by atoms with Crippen molar-refractivity contribution >= 4 is 45.1 Å². The summed E-state index contributed by atoms with van der Waals surface area (Å²) in [7, 11) is 0. The fourth-order valence-electron chi connectivity index (χ4n) is 3.17. The number of aryl methyl sites for hydroxylation is 2. The molecular weight excluding hydrogens is 476 g/mol. The zero-order chi connectivity index (χ0) is 24.4. The first-order chi connectivity index (χ1) is 16.2. The summed E-state index contributed by atoms with van der Waals surface area (Å²) in [6.07, 6.45) is 1.31. The molecule has 0 unspecified atom stereocenters. The van der Waals surface area contributed by atoms with Gasteiger partial charge in [-0.3, -0.25) is 25.2 Å². The van der Waals surface area contributed by atoms with Crippen LogP contribution in [0.2, 0.25) is 0 Å². The Hall–Kier alpha value is -3.64. The molecule has 0 aliphatic rings. The number of aromatic nitrogens is 4. The molecular formula is C22H22N6O4S2. The van der Waals surface area contributed by atoms with Crippen molar-refractivity contribution in [2.45, 2.75) is 31.8 Å². The Morgan fingerprint density at radius 1 is 1.24 bits per heavy atom. The zero-order valence-corrected chi connectivity index (χ0v) is 20.2. The van der Waals surface area contributed by atoms with Crippen LogP contribution >= 0.6 is 23.1 Å². The molecule has 4 N–H and O–H groups in total. The maximum atomic E-state index is 12.4. The van der Waals surface area contributed by atoms with Crippen molar-refractivity contribution in [2.75, 3.05) is 0 Å². The average Bonchev–Trinajstić information content (AvgIpc) is 3.35. The molecule has 0 bridgehead atoms. The molecule has 0 aliphatic heterocycles. The second-order valence-corrected chi connectivity index (χ2v) is 10.0. The number of hydrogen-bond acceptors (Lipinski definition) is 8. The number of thioether (sulfide) groups is 1. The van der Waals surface area contributed by atoms with Gasteiger partial charge in [0.1, 0.15) is 10.7 Å². The highest BCUT2D eigenvalue weighted by molar-refractivity contribution is 7.99. The van der Waals surface area contributed by atoms with E-state index in [1.54, 1.807) is 31.2 Å². The lowest BCUT2D eigenvalue weighted by Crippen LogP contribution is -2.45. The minimum absolute atomic E-state index is 0.193. The standard InChI is InChI=1S/C22H22N6O4S2/c1-11-12(2)34-22-17(11)20(31)23-16(24-22)10-33-13(3)19(30)25-26-21(32)18-15(29)9-28(27-18)14-7-5-4-6-8-14/h4-9,13,29H,10H2,1-3H3,(H,25,30)(H,26,32)(H,23,24,31)/t13-/m0/s1. The van der Waals surface area contributed by atoms with Crippen LogP contribution in [0.25, 0.3) is 15.9 Å². The highest BCUT2D eigenvalue weighted by atomic mass is 32.2. The van der Waals surface area contributed by atoms with E-state index >= 15 is 0 Å². The lowest BCUT2D eigenvalue weighted by atomic mass is 10.2. The number of para-hydroxylation sites is 1. The number of thiophene rings is 1. The monoisotopic (exact) mass is 498 g/mol. The Labute approximate surface area is 202 Å². The Morgan fingerprint density at radius 3 is 2.71 bits per heavy atom. The van der Waals surface area contributed by atoms with Crippen molar-refractivity contribution in [3.63, 3.8) is 0 Å². The van der Waals surface area contributed by atoms with Crippen LogP contribution in [0.3, 0.4) is 0 Å². The molecule has 4 aromatic rings. The molecule has 34 heavy (non-hydrogen) atoms. The lowest BCUT2D eigenvalue weighted by molar-refractivity contribution is -0.121. The third-order valence-corrected chi connectivity index (χ3v) is 7.41. The molecule has 0 saturated heterocycles. The molecule has 3 heterocycles. The van der Waals surface area contributed by atoms with E-state index in [1.807, 2.05) is 19.9 Å². The van der Waals surface area contributed by atoms with E-state index in [1.165, 1.54) is 34.0 Å². The molecule has 4 rings (SSSR count). The van der Waals surface area contributed by atoms with Crippen molar-refractivity contribution in [3.05, 3.63) is 68.8 Å². The highest BCUT2D eigenvalue weighted by Gasteiger charge is 2.20. The van der Waals surface area contributed by atoms with Gasteiger partial charge in [-0.1, -0.05) is 18.2 Å². The van der Waals surface area contributed by atoms with Gasteiger partial charge in [0.05, 0.1) is 28.3 Å². The van der Waals surface area contributed by atoms with E-state index in [9.17, 15) is 19.5 Å². The Morgan fingerprint density at radius 2 is 1.97 bits per heavy atom. The number of fused-ring (bicyclic) bond motifs is 1. The second kappa shape index (κ2) is 9.69. The number of carbonyl (C=O) groups excluding carboxylic acids is 2. The normalized spacial score (nSPS) is 12.0. The van der Waals surface area contributed by atoms with Gasteiger partial charge in [0, 0.05) is 4.88 Å². The first kappa shape index (κ1) is 23.5. The molecule has 3 aromatic heterocycles. The Kier molecular flexibility index (Phi) is 6.70. The van der Waals surface area contributed by atoms with Crippen molar-refractivity contribution in [3.8, 4) is 11.4 Å². The second-order valence-electron chi connectivity index (χ2n) is 7.52. The van der Waals surface area contributed by atoms with Crippen LogP contribution < -0.4 is 16.4 Å². The van der Waals surface area contributed by atoms with Gasteiger partial charge in [-0.05, 0) is 38.5 Å². The van der Waals surface area contributed by atoms with Gasteiger partial charge < -0.3 is 10.1 Å². The SMILES string of the molecule is Cc1sc2nc(CS[C@@H](C)C(=O)NNC(=O)c3nn(-c4ccccc4)cc3O)[nH]c(=O)c2c1C. The van der Waals surface area contributed by atoms with Crippen molar-refractivity contribution in [1.82, 2.24) is 30.6 Å². The Bertz CT molecular complexity index is 1430. The van der Waals surface area contributed by atoms with Crippen LogP contribution in [0.5, 0.6) is 5.75 Å². The van der Waals surface area contributed by atoms with Crippen LogP contribution in [-0.2, 0) is 10.5 Å². The summed E-state index contributed by atoms with van der Waals surface area (Å²) in [5, 5.41) is 14.2. The first-order valence-electron chi connectivity index (χ1n) is 10.3. The van der Waals surface area contributed by atoms with Crippen LogP contribution in [0.15, 0.2) is 41.3 Å².